The fourth-order valence-corrected chi connectivity index (χ4v) is 2.45. The Morgan fingerprint density at radius 1 is 1.00 bits per heavy atom. The molecule has 0 N–H and O–H groups in total. The molecule has 0 amide bonds. The van der Waals surface area contributed by atoms with Crippen LogP contribution in [0, 0.1) is 5.82 Å². The Hall–Kier alpha value is -1.06. The van der Waals surface area contributed by atoms with Gasteiger partial charge >= 0.3 is 0 Å². The predicted octanol–water partition coefficient (Wildman–Crippen LogP) is 5.28. The maximum Gasteiger partial charge on any atom is 0.134 e. The van der Waals surface area contributed by atoms with Gasteiger partial charge in [0.25, 0.3) is 0 Å². The van der Waals surface area contributed by atoms with E-state index in [0.717, 1.165) is 4.90 Å². The first-order valence-corrected chi connectivity index (χ1v) is 6.79. The minimum absolute atomic E-state index is 0.299. The minimum Gasteiger partial charge on any atom is -0.241 e. The van der Waals surface area contributed by atoms with E-state index in [2.05, 4.69) is 0 Å². The van der Waals surface area contributed by atoms with Crippen molar-refractivity contribution in [3.05, 3.63) is 64.9 Å². The molecule has 0 saturated heterocycles. The Balaban J connectivity index is 1.93. The summed E-state index contributed by atoms with van der Waals surface area (Å²) in [4.78, 5) is 0.962. The number of hydrogen-bond acceptors (Lipinski definition) is 1. The van der Waals surface area contributed by atoms with Gasteiger partial charge in [-0.3, -0.25) is 0 Å². The standard InChI is InChI=1S/C14H11ClF2S/c15-11-3-7-13(8-4-11)18-9-14(17)10-1-5-12(16)6-2-10/h1-8,14H,9H2. The molecule has 2 aromatic rings. The van der Waals surface area contributed by atoms with Crippen molar-refractivity contribution in [1.29, 1.82) is 0 Å². The Bertz CT molecular complexity index is 496. The van der Waals surface area contributed by atoms with E-state index >= 15 is 0 Å². The van der Waals surface area contributed by atoms with Crippen molar-refractivity contribution in [3.63, 3.8) is 0 Å². The van der Waals surface area contributed by atoms with E-state index in [9.17, 15) is 8.78 Å². The summed E-state index contributed by atoms with van der Waals surface area (Å²) >= 11 is 7.18. The molecule has 2 rings (SSSR count). The molecule has 0 fully saturated rings. The van der Waals surface area contributed by atoms with Crippen LogP contribution in [0.1, 0.15) is 11.7 Å². The third-order valence-electron chi connectivity index (χ3n) is 2.44. The van der Waals surface area contributed by atoms with Crippen molar-refractivity contribution in [3.8, 4) is 0 Å². The van der Waals surface area contributed by atoms with Crippen molar-refractivity contribution in [2.24, 2.45) is 0 Å². The largest absolute Gasteiger partial charge is 0.241 e. The average Bonchev–Trinajstić information content (AvgIpc) is 2.38. The van der Waals surface area contributed by atoms with Gasteiger partial charge < -0.3 is 0 Å². The Labute approximate surface area is 114 Å². The average molecular weight is 285 g/mol. The van der Waals surface area contributed by atoms with E-state index in [1.165, 1.54) is 36.0 Å². The van der Waals surface area contributed by atoms with E-state index < -0.39 is 6.17 Å². The first kappa shape index (κ1) is 13.4. The predicted molar refractivity (Wildman–Crippen MR) is 72.4 cm³/mol. The highest BCUT2D eigenvalue weighted by molar-refractivity contribution is 7.99. The Morgan fingerprint density at radius 2 is 1.61 bits per heavy atom. The number of halogens is 3. The first-order valence-electron chi connectivity index (χ1n) is 5.43. The molecule has 0 aliphatic carbocycles. The summed E-state index contributed by atoms with van der Waals surface area (Å²) in [6, 6.07) is 12.7. The topological polar surface area (TPSA) is 0 Å². The lowest BCUT2D eigenvalue weighted by Gasteiger charge is -2.08. The van der Waals surface area contributed by atoms with Gasteiger partial charge in [0.05, 0.1) is 0 Å². The summed E-state index contributed by atoms with van der Waals surface area (Å²) in [6.07, 6.45) is -1.11. The monoisotopic (exact) mass is 284 g/mol. The number of rotatable bonds is 4. The maximum atomic E-state index is 13.9. The third kappa shape index (κ3) is 3.72. The second-order valence-electron chi connectivity index (χ2n) is 3.78. The van der Waals surface area contributed by atoms with Gasteiger partial charge in [-0.25, -0.2) is 8.78 Å². The molecular formula is C14H11ClF2S. The zero-order valence-corrected chi connectivity index (χ0v) is 11.0. The number of hydrogen-bond donors (Lipinski definition) is 0. The normalized spacial score (nSPS) is 12.4. The van der Waals surface area contributed by atoms with Crippen LogP contribution >= 0.6 is 23.4 Å². The smallest absolute Gasteiger partial charge is 0.134 e. The van der Waals surface area contributed by atoms with E-state index in [1.807, 2.05) is 12.1 Å². The molecule has 18 heavy (non-hydrogen) atoms. The van der Waals surface area contributed by atoms with E-state index in [0.29, 0.717) is 16.3 Å². The molecular weight excluding hydrogens is 274 g/mol. The van der Waals surface area contributed by atoms with Gasteiger partial charge in [-0.05, 0) is 42.0 Å². The Kier molecular flexibility index (Phi) is 4.61. The van der Waals surface area contributed by atoms with Crippen LogP contribution < -0.4 is 0 Å². The molecule has 1 atom stereocenters. The van der Waals surface area contributed by atoms with Crippen LogP contribution in [-0.4, -0.2) is 5.75 Å². The van der Waals surface area contributed by atoms with Crippen LogP contribution in [0.15, 0.2) is 53.4 Å². The van der Waals surface area contributed by atoms with Gasteiger partial charge in [-0.2, -0.15) is 0 Å². The number of alkyl halides is 1. The fourth-order valence-electron chi connectivity index (χ4n) is 1.47. The summed E-state index contributed by atoms with van der Waals surface area (Å²) in [5, 5.41) is 0.662. The summed E-state index contributed by atoms with van der Waals surface area (Å²) in [5.41, 5.74) is 0.498. The maximum absolute atomic E-state index is 13.9. The SMILES string of the molecule is Fc1ccc(C(F)CSc2ccc(Cl)cc2)cc1. The number of benzene rings is 2. The molecule has 0 radical (unpaired) electrons. The molecule has 2 aromatic carbocycles. The highest BCUT2D eigenvalue weighted by Gasteiger charge is 2.10. The lowest BCUT2D eigenvalue weighted by Crippen LogP contribution is -1.95. The molecule has 4 heteroatoms. The molecule has 94 valence electrons. The Morgan fingerprint density at radius 3 is 2.22 bits per heavy atom. The van der Waals surface area contributed by atoms with Crippen LogP contribution in [0.2, 0.25) is 5.02 Å². The van der Waals surface area contributed by atoms with Crippen molar-refractivity contribution < 1.29 is 8.78 Å². The zero-order valence-electron chi connectivity index (χ0n) is 9.45. The summed E-state index contributed by atoms with van der Waals surface area (Å²) < 4.78 is 26.6. The van der Waals surface area contributed by atoms with Crippen LogP contribution in [0.5, 0.6) is 0 Å². The first-order chi connectivity index (χ1) is 8.65. The molecule has 0 saturated carbocycles. The van der Waals surface area contributed by atoms with Crippen LogP contribution in [-0.2, 0) is 0 Å². The zero-order chi connectivity index (χ0) is 13.0. The van der Waals surface area contributed by atoms with Gasteiger partial charge in [-0.1, -0.05) is 23.7 Å². The van der Waals surface area contributed by atoms with Gasteiger partial charge in [0.2, 0.25) is 0 Å². The second-order valence-corrected chi connectivity index (χ2v) is 5.31. The lowest BCUT2D eigenvalue weighted by atomic mass is 10.1. The minimum atomic E-state index is -1.11. The number of thioether (sulfide) groups is 1. The summed E-state index contributed by atoms with van der Waals surface area (Å²) in [5.74, 6) is -0.0518. The fraction of sp³-hybridized carbons (Fsp3) is 0.143. The van der Waals surface area contributed by atoms with Crippen LogP contribution in [0.4, 0.5) is 8.78 Å². The quantitative estimate of drug-likeness (QED) is 0.688. The second kappa shape index (κ2) is 6.21. The lowest BCUT2D eigenvalue weighted by molar-refractivity contribution is 0.380. The van der Waals surface area contributed by atoms with Crippen LogP contribution in [0.3, 0.4) is 0 Å². The van der Waals surface area contributed by atoms with Crippen molar-refractivity contribution in [2.45, 2.75) is 11.1 Å². The highest BCUT2D eigenvalue weighted by Crippen LogP contribution is 2.28. The molecule has 0 aromatic heterocycles. The van der Waals surface area contributed by atoms with E-state index in [4.69, 9.17) is 11.6 Å². The van der Waals surface area contributed by atoms with Gasteiger partial charge in [0.1, 0.15) is 12.0 Å². The summed E-state index contributed by atoms with van der Waals surface area (Å²) in [7, 11) is 0. The molecule has 0 heterocycles. The van der Waals surface area contributed by atoms with E-state index in [-0.39, 0.29) is 5.82 Å². The van der Waals surface area contributed by atoms with E-state index in [1.54, 1.807) is 12.1 Å². The van der Waals surface area contributed by atoms with Crippen molar-refractivity contribution >= 4 is 23.4 Å². The summed E-state index contributed by atoms with van der Waals surface area (Å²) in [6.45, 7) is 0. The molecule has 0 nitrogen and oxygen atoms in total. The third-order valence-corrected chi connectivity index (χ3v) is 3.76. The van der Waals surface area contributed by atoms with Crippen molar-refractivity contribution in [1.82, 2.24) is 0 Å². The van der Waals surface area contributed by atoms with Gasteiger partial charge in [0.15, 0.2) is 0 Å². The van der Waals surface area contributed by atoms with Gasteiger partial charge in [0, 0.05) is 15.7 Å². The highest BCUT2D eigenvalue weighted by atomic mass is 35.5. The van der Waals surface area contributed by atoms with Crippen molar-refractivity contribution in [2.75, 3.05) is 5.75 Å². The molecule has 0 bridgehead atoms. The molecule has 1 unspecified atom stereocenters. The molecule has 0 spiro atoms. The molecule has 0 aliphatic rings. The van der Waals surface area contributed by atoms with Crippen LogP contribution in [0.25, 0.3) is 0 Å². The van der Waals surface area contributed by atoms with Gasteiger partial charge in [-0.15, -0.1) is 11.8 Å². The molecule has 0 aliphatic heterocycles.